The average Bonchev–Trinajstić information content (AvgIpc) is 3.56. The van der Waals surface area contributed by atoms with Gasteiger partial charge in [-0.3, -0.25) is 9.36 Å². The summed E-state index contributed by atoms with van der Waals surface area (Å²) in [6, 6.07) is 15.9. The molecule has 0 bridgehead atoms. The smallest absolute Gasteiger partial charge is 0.335 e. The Morgan fingerprint density at radius 2 is 1.71 bits per heavy atom. The molecule has 0 aliphatic heterocycles. The van der Waals surface area contributed by atoms with Gasteiger partial charge in [-0.15, -0.1) is 5.10 Å². The molecule has 10 heteroatoms. The first-order valence-electron chi connectivity index (χ1n) is 12.9. The van der Waals surface area contributed by atoms with Crippen molar-refractivity contribution in [1.29, 1.82) is 0 Å². The van der Waals surface area contributed by atoms with Gasteiger partial charge in [0.1, 0.15) is 5.69 Å². The number of nitrogens with one attached hydrogen (secondary N) is 1. The van der Waals surface area contributed by atoms with Gasteiger partial charge in [-0.25, -0.2) is 14.5 Å². The van der Waals surface area contributed by atoms with Crippen LogP contribution in [0.2, 0.25) is 0 Å². The summed E-state index contributed by atoms with van der Waals surface area (Å²) in [6.07, 6.45) is 2.53. The molecule has 0 aliphatic carbocycles. The van der Waals surface area contributed by atoms with Crippen molar-refractivity contribution < 1.29 is 14.3 Å². The number of imidazole rings is 1. The van der Waals surface area contributed by atoms with Gasteiger partial charge in [0.05, 0.1) is 6.54 Å². The molecule has 0 aliphatic rings. The van der Waals surface area contributed by atoms with Crippen molar-refractivity contribution in [3.63, 3.8) is 0 Å². The number of rotatable bonds is 12. The van der Waals surface area contributed by atoms with Crippen molar-refractivity contribution in [3.8, 4) is 22.5 Å². The number of unbranched alkanes of at least 4 members (excludes halogenated alkanes) is 1. The zero-order valence-corrected chi connectivity index (χ0v) is 22.3. The van der Waals surface area contributed by atoms with Crippen molar-refractivity contribution in [2.75, 3.05) is 14.2 Å². The highest BCUT2D eigenvalue weighted by Gasteiger charge is 2.29. The Hall–Kier alpha value is -3.89. The largest absolute Gasteiger partial charge is 0.350 e. The van der Waals surface area contributed by atoms with Crippen molar-refractivity contribution in [2.45, 2.75) is 58.8 Å². The molecule has 0 unspecified atom stereocenters. The van der Waals surface area contributed by atoms with Crippen LogP contribution in [-0.4, -0.2) is 49.9 Å². The molecule has 200 valence electrons. The summed E-state index contributed by atoms with van der Waals surface area (Å²) in [4.78, 5) is 26.7. The Balaban J connectivity index is 1.74. The van der Waals surface area contributed by atoms with Crippen molar-refractivity contribution in [2.24, 2.45) is 0 Å². The molecule has 0 amide bonds. The quantitative estimate of drug-likeness (QED) is 0.272. The zero-order chi connectivity index (χ0) is 27.1. The maximum Gasteiger partial charge on any atom is 0.335 e. The van der Waals surface area contributed by atoms with Gasteiger partial charge >= 0.3 is 5.69 Å². The van der Waals surface area contributed by atoms with E-state index >= 15 is 0 Å². The van der Waals surface area contributed by atoms with E-state index in [1.54, 1.807) is 4.57 Å². The first-order chi connectivity index (χ1) is 18.5. The second-order valence-corrected chi connectivity index (χ2v) is 9.08. The average molecular weight is 519 g/mol. The minimum absolute atomic E-state index is 0.253. The van der Waals surface area contributed by atoms with Gasteiger partial charge in [0.25, 0.3) is 0 Å². The molecular formula is C28H34N6O4. The predicted molar refractivity (Wildman–Crippen MR) is 144 cm³/mol. The second-order valence-electron chi connectivity index (χ2n) is 9.08. The van der Waals surface area contributed by atoms with Crippen molar-refractivity contribution in [3.05, 3.63) is 76.0 Å². The SMILES string of the molecule is CCCCc1c(C(OC)OC)n(C(=O)CCC)c(=O)n1Cc1ccc(-c2ccccc2-c2nnn[nH]2)cc1. The highest BCUT2D eigenvalue weighted by atomic mass is 16.7. The second kappa shape index (κ2) is 12.6. The van der Waals surface area contributed by atoms with Gasteiger partial charge in [-0.1, -0.05) is 68.8 Å². The number of nitrogens with zero attached hydrogens (tertiary/aromatic N) is 5. The van der Waals surface area contributed by atoms with Crippen LogP contribution in [0.25, 0.3) is 22.5 Å². The highest BCUT2D eigenvalue weighted by molar-refractivity contribution is 5.80. The van der Waals surface area contributed by atoms with Crippen LogP contribution in [0.1, 0.15) is 67.6 Å². The molecule has 0 atom stereocenters. The Morgan fingerprint density at radius 1 is 1.00 bits per heavy atom. The number of carbonyl (C=O) groups excluding carboxylic acids is 1. The molecule has 10 nitrogen and oxygen atoms in total. The minimum Gasteiger partial charge on any atom is -0.350 e. The Bertz CT molecular complexity index is 1400. The predicted octanol–water partition coefficient (Wildman–Crippen LogP) is 4.62. The van der Waals surface area contributed by atoms with E-state index in [9.17, 15) is 9.59 Å². The highest BCUT2D eigenvalue weighted by Crippen LogP contribution is 2.30. The summed E-state index contributed by atoms with van der Waals surface area (Å²) >= 11 is 0. The van der Waals surface area contributed by atoms with Gasteiger partial charge in [0, 0.05) is 31.9 Å². The van der Waals surface area contributed by atoms with Crippen LogP contribution in [0.15, 0.2) is 53.3 Å². The van der Waals surface area contributed by atoms with Crippen LogP contribution in [0.3, 0.4) is 0 Å². The summed E-state index contributed by atoms with van der Waals surface area (Å²) in [5.74, 6) is 0.338. The van der Waals surface area contributed by atoms with Crippen LogP contribution in [-0.2, 0) is 22.4 Å². The van der Waals surface area contributed by atoms with E-state index < -0.39 is 6.29 Å². The Kier molecular flexibility index (Phi) is 8.98. The number of H-pyrrole nitrogens is 1. The van der Waals surface area contributed by atoms with Crippen LogP contribution < -0.4 is 5.69 Å². The molecule has 2 heterocycles. The number of benzene rings is 2. The number of hydrogen-bond donors (Lipinski definition) is 1. The van der Waals surface area contributed by atoms with Crippen molar-refractivity contribution >= 4 is 5.91 Å². The minimum atomic E-state index is -0.818. The van der Waals surface area contributed by atoms with E-state index in [-0.39, 0.29) is 18.0 Å². The maximum atomic E-state index is 13.7. The fourth-order valence-corrected chi connectivity index (χ4v) is 4.69. The first-order valence-corrected chi connectivity index (χ1v) is 12.9. The lowest BCUT2D eigenvalue weighted by Crippen LogP contribution is -2.31. The van der Waals surface area contributed by atoms with Gasteiger partial charge in [0.15, 0.2) is 5.82 Å². The third-order valence-electron chi connectivity index (χ3n) is 6.55. The standard InChI is InChI=1S/C28H34N6O4/c1-5-7-13-23-25(27(37-3)38-4)34(24(35)10-6-2)28(36)33(23)18-19-14-16-20(17-15-19)21-11-8-9-12-22(21)26-29-31-32-30-26/h8-9,11-12,14-17,27H,5-7,10,13,18H2,1-4H3,(H,29,30,31,32). The number of aromatic amines is 1. The molecule has 4 aromatic rings. The fourth-order valence-electron chi connectivity index (χ4n) is 4.69. The van der Waals surface area contributed by atoms with Gasteiger partial charge in [-0.05, 0) is 46.4 Å². The maximum absolute atomic E-state index is 13.7. The lowest BCUT2D eigenvalue weighted by molar-refractivity contribution is -0.110. The van der Waals surface area contributed by atoms with E-state index in [1.807, 2.05) is 55.5 Å². The Morgan fingerprint density at radius 3 is 2.32 bits per heavy atom. The van der Waals surface area contributed by atoms with Crippen LogP contribution in [0.5, 0.6) is 0 Å². The number of carbonyl (C=O) groups is 1. The van der Waals surface area contributed by atoms with E-state index in [2.05, 4.69) is 27.5 Å². The zero-order valence-electron chi connectivity index (χ0n) is 22.3. The number of aromatic nitrogens is 6. The number of ether oxygens (including phenoxy) is 2. The summed E-state index contributed by atoms with van der Waals surface area (Å²) in [6.45, 7) is 4.34. The molecular weight excluding hydrogens is 484 g/mol. The monoisotopic (exact) mass is 518 g/mol. The molecule has 2 aromatic carbocycles. The van der Waals surface area contributed by atoms with Gasteiger partial charge in [0.2, 0.25) is 12.2 Å². The molecule has 2 aromatic heterocycles. The third kappa shape index (κ3) is 5.51. The van der Waals surface area contributed by atoms with Crippen LogP contribution >= 0.6 is 0 Å². The van der Waals surface area contributed by atoms with E-state index in [1.165, 1.54) is 18.8 Å². The molecule has 38 heavy (non-hydrogen) atoms. The lowest BCUT2D eigenvalue weighted by atomic mass is 9.98. The van der Waals surface area contributed by atoms with Gasteiger partial charge in [-0.2, -0.15) is 0 Å². The van der Waals surface area contributed by atoms with E-state index in [0.717, 1.165) is 40.8 Å². The number of hydrogen-bond acceptors (Lipinski definition) is 7. The Labute approximate surface area is 221 Å². The van der Waals surface area contributed by atoms with Crippen LogP contribution in [0, 0.1) is 0 Å². The summed E-state index contributed by atoms with van der Waals surface area (Å²) < 4.78 is 14.0. The normalized spacial score (nSPS) is 11.4. The summed E-state index contributed by atoms with van der Waals surface area (Å²) in [5, 5.41) is 14.3. The van der Waals surface area contributed by atoms with Crippen molar-refractivity contribution in [1.82, 2.24) is 29.8 Å². The molecule has 0 saturated heterocycles. The summed E-state index contributed by atoms with van der Waals surface area (Å²) in [5.41, 5.74) is 4.70. The van der Waals surface area contributed by atoms with E-state index in [4.69, 9.17) is 9.47 Å². The molecule has 0 fully saturated rings. The van der Waals surface area contributed by atoms with Gasteiger partial charge < -0.3 is 9.47 Å². The molecule has 0 spiro atoms. The topological polar surface area (TPSA) is 117 Å². The fraction of sp³-hybridized carbons (Fsp3) is 0.393. The molecule has 4 rings (SSSR count). The first kappa shape index (κ1) is 27.2. The molecule has 0 saturated carbocycles. The summed E-state index contributed by atoms with van der Waals surface area (Å²) in [7, 11) is 3.03. The lowest BCUT2D eigenvalue weighted by Gasteiger charge is -2.17. The number of methoxy groups -OCH3 is 2. The number of tetrazole rings is 1. The third-order valence-corrected chi connectivity index (χ3v) is 6.55. The van der Waals surface area contributed by atoms with Crippen LogP contribution in [0.4, 0.5) is 0 Å². The molecule has 1 N–H and O–H groups in total. The van der Waals surface area contributed by atoms with E-state index in [0.29, 0.717) is 30.9 Å². The molecule has 0 radical (unpaired) electrons.